The summed E-state index contributed by atoms with van der Waals surface area (Å²) in [6, 6.07) is -0.313. The summed E-state index contributed by atoms with van der Waals surface area (Å²) in [5.74, 6) is -0.541. The molecule has 112 valence electrons. The molecule has 1 fully saturated rings. The average molecular weight is 291 g/mol. The van der Waals surface area contributed by atoms with Gasteiger partial charge in [-0.2, -0.15) is 4.31 Å². The van der Waals surface area contributed by atoms with E-state index in [1.54, 1.807) is 13.8 Å². The molecule has 0 radical (unpaired) electrons. The molecular formula is C13H25NO4S. The smallest absolute Gasteiger partial charge is 0.318 e. The van der Waals surface area contributed by atoms with Crippen LogP contribution in [0.2, 0.25) is 0 Å². The third-order valence-corrected chi connectivity index (χ3v) is 5.75. The van der Waals surface area contributed by atoms with Crippen LogP contribution in [0.15, 0.2) is 0 Å². The zero-order valence-electron chi connectivity index (χ0n) is 11.8. The van der Waals surface area contributed by atoms with Crippen LogP contribution in [0.1, 0.15) is 52.4 Å². The number of hydrogen-bond acceptors (Lipinski definition) is 3. The van der Waals surface area contributed by atoms with E-state index in [9.17, 15) is 13.2 Å². The van der Waals surface area contributed by atoms with E-state index in [0.29, 0.717) is 12.3 Å². The van der Waals surface area contributed by atoms with E-state index in [0.717, 1.165) is 17.1 Å². The van der Waals surface area contributed by atoms with Crippen LogP contribution < -0.4 is 0 Å². The Morgan fingerprint density at radius 1 is 1.26 bits per heavy atom. The summed E-state index contributed by atoms with van der Waals surface area (Å²) < 4.78 is 25.5. The summed E-state index contributed by atoms with van der Waals surface area (Å²) in [6.07, 6.45) is 6.50. The summed E-state index contributed by atoms with van der Waals surface area (Å²) >= 11 is 0. The molecule has 0 aliphatic heterocycles. The van der Waals surface area contributed by atoms with Crippen molar-refractivity contribution in [2.45, 2.75) is 58.4 Å². The van der Waals surface area contributed by atoms with E-state index in [2.05, 4.69) is 0 Å². The van der Waals surface area contributed by atoms with Crippen LogP contribution in [0.25, 0.3) is 0 Å². The van der Waals surface area contributed by atoms with Crippen molar-refractivity contribution in [3.8, 4) is 0 Å². The highest BCUT2D eigenvalue weighted by Crippen LogP contribution is 2.27. The number of carbonyl (C=O) groups is 1. The van der Waals surface area contributed by atoms with Crippen LogP contribution in [-0.4, -0.2) is 42.1 Å². The lowest BCUT2D eigenvalue weighted by molar-refractivity contribution is -0.137. The average Bonchev–Trinajstić information content (AvgIpc) is 2.34. The van der Waals surface area contributed by atoms with Gasteiger partial charge in [0, 0.05) is 6.04 Å². The van der Waals surface area contributed by atoms with Crippen molar-refractivity contribution < 1.29 is 18.3 Å². The maximum atomic E-state index is 12.2. The second-order valence-corrected chi connectivity index (χ2v) is 7.68. The molecule has 0 unspecified atom stereocenters. The molecule has 0 spiro atoms. The maximum Gasteiger partial charge on any atom is 0.318 e. The summed E-state index contributed by atoms with van der Waals surface area (Å²) in [6.45, 7) is 2.98. The first-order chi connectivity index (χ1) is 8.83. The minimum atomic E-state index is -3.46. The third kappa shape index (κ3) is 5.48. The molecule has 1 N–H and O–H groups in total. The van der Waals surface area contributed by atoms with E-state index in [-0.39, 0.29) is 11.8 Å². The predicted molar refractivity (Wildman–Crippen MR) is 74.5 cm³/mol. The zero-order chi connectivity index (χ0) is 14.5. The number of hydrogen-bond donors (Lipinski definition) is 1. The van der Waals surface area contributed by atoms with Gasteiger partial charge in [0.1, 0.15) is 6.54 Å². The van der Waals surface area contributed by atoms with Gasteiger partial charge in [-0.15, -0.1) is 0 Å². The van der Waals surface area contributed by atoms with Gasteiger partial charge in [-0.1, -0.05) is 32.1 Å². The molecule has 1 rings (SSSR count). The minimum absolute atomic E-state index is 0.0725. The Morgan fingerprint density at radius 2 is 1.84 bits per heavy atom. The van der Waals surface area contributed by atoms with Crippen molar-refractivity contribution in [3.05, 3.63) is 0 Å². The Morgan fingerprint density at radius 3 is 2.32 bits per heavy atom. The molecule has 5 nitrogen and oxygen atoms in total. The summed E-state index contributed by atoms with van der Waals surface area (Å²) in [5, 5.41) is 8.81. The van der Waals surface area contributed by atoms with Crippen LogP contribution in [0.3, 0.4) is 0 Å². The second-order valence-electron chi connectivity index (χ2n) is 5.64. The van der Waals surface area contributed by atoms with Gasteiger partial charge in [-0.05, 0) is 26.2 Å². The van der Waals surface area contributed by atoms with Crippen molar-refractivity contribution in [2.24, 2.45) is 5.92 Å². The molecule has 0 amide bonds. The van der Waals surface area contributed by atoms with Gasteiger partial charge in [0.05, 0.1) is 5.75 Å². The molecule has 1 aliphatic carbocycles. The second kappa shape index (κ2) is 7.24. The van der Waals surface area contributed by atoms with Crippen molar-refractivity contribution in [2.75, 3.05) is 12.3 Å². The molecule has 6 heteroatoms. The van der Waals surface area contributed by atoms with E-state index >= 15 is 0 Å². The predicted octanol–water partition coefficient (Wildman–Crippen LogP) is 2.08. The number of carboxylic acid groups (broad SMARTS) is 1. The van der Waals surface area contributed by atoms with Gasteiger partial charge < -0.3 is 5.11 Å². The number of carboxylic acids is 1. The first kappa shape index (κ1) is 16.4. The van der Waals surface area contributed by atoms with Gasteiger partial charge in [-0.3, -0.25) is 4.79 Å². The Labute approximate surface area is 116 Å². The van der Waals surface area contributed by atoms with E-state index in [1.807, 2.05) is 0 Å². The minimum Gasteiger partial charge on any atom is -0.480 e. The van der Waals surface area contributed by atoms with Crippen LogP contribution in [0.5, 0.6) is 0 Å². The van der Waals surface area contributed by atoms with Crippen molar-refractivity contribution in [3.63, 3.8) is 0 Å². The summed E-state index contributed by atoms with van der Waals surface area (Å²) in [5.41, 5.74) is 0. The highest BCUT2D eigenvalue weighted by molar-refractivity contribution is 7.89. The van der Waals surface area contributed by atoms with Gasteiger partial charge >= 0.3 is 5.97 Å². The lowest BCUT2D eigenvalue weighted by Crippen LogP contribution is -2.42. The molecule has 0 saturated heterocycles. The lowest BCUT2D eigenvalue weighted by Gasteiger charge is -2.26. The molecule has 0 heterocycles. The first-order valence-corrected chi connectivity index (χ1v) is 8.65. The highest BCUT2D eigenvalue weighted by Gasteiger charge is 2.28. The lowest BCUT2D eigenvalue weighted by atomic mass is 9.88. The fourth-order valence-corrected chi connectivity index (χ4v) is 4.46. The van der Waals surface area contributed by atoms with Crippen LogP contribution >= 0.6 is 0 Å². The van der Waals surface area contributed by atoms with Gasteiger partial charge in [0.25, 0.3) is 0 Å². The topological polar surface area (TPSA) is 74.7 Å². The van der Waals surface area contributed by atoms with Gasteiger partial charge in [-0.25, -0.2) is 8.42 Å². The van der Waals surface area contributed by atoms with E-state index in [4.69, 9.17) is 5.11 Å². The standard InChI is InChI=1S/C13H25NO4S/c1-11(2)14(10-13(15)16)19(17,18)9-8-12-6-4-3-5-7-12/h11-12H,3-10H2,1-2H3,(H,15,16). The quantitative estimate of drug-likeness (QED) is 0.779. The zero-order valence-corrected chi connectivity index (χ0v) is 12.7. The normalized spacial score (nSPS) is 18.1. The monoisotopic (exact) mass is 291 g/mol. The SMILES string of the molecule is CC(C)N(CC(=O)O)S(=O)(=O)CCC1CCCCC1. The molecule has 0 bridgehead atoms. The largest absolute Gasteiger partial charge is 0.480 e. The van der Waals surface area contributed by atoms with Crippen LogP contribution in [0.4, 0.5) is 0 Å². The molecular weight excluding hydrogens is 266 g/mol. The maximum absolute atomic E-state index is 12.2. The van der Waals surface area contributed by atoms with Crippen molar-refractivity contribution >= 4 is 16.0 Å². The number of nitrogens with zero attached hydrogens (tertiary/aromatic N) is 1. The van der Waals surface area contributed by atoms with Gasteiger partial charge in [0.2, 0.25) is 10.0 Å². The Hall–Kier alpha value is -0.620. The van der Waals surface area contributed by atoms with Crippen molar-refractivity contribution in [1.82, 2.24) is 4.31 Å². The van der Waals surface area contributed by atoms with Crippen LogP contribution in [0, 0.1) is 5.92 Å². The fourth-order valence-electron chi connectivity index (χ4n) is 2.64. The summed E-state index contributed by atoms with van der Waals surface area (Å²) in [4.78, 5) is 10.8. The molecule has 1 aliphatic rings. The van der Waals surface area contributed by atoms with E-state index in [1.165, 1.54) is 19.3 Å². The van der Waals surface area contributed by atoms with Gasteiger partial charge in [0.15, 0.2) is 0 Å². The highest BCUT2D eigenvalue weighted by atomic mass is 32.2. The summed E-state index contributed by atoms with van der Waals surface area (Å²) in [7, 11) is -3.46. The molecule has 1 saturated carbocycles. The van der Waals surface area contributed by atoms with Crippen LogP contribution in [-0.2, 0) is 14.8 Å². The molecule has 0 atom stereocenters. The first-order valence-electron chi connectivity index (χ1n) is 7.04. The Kier molecular flexibility index (Phi) is 6.26. The Bertz CT molecular complexity index is 385. The fraction of sp³-hybridized carbons (Fsp3) is 0.923. The molecule has 0 aromatic heterocycles. The van der Waals surface area contributed by atoms with Crippen molar-refractivity contribution in [1.29, 1.82) is 0 Å². The number of aliphatic carboxylic acids is 1. The van der Waals surface area contributed by atoms with E-state index < -0.39 is 22.5 Å². The number of sulfonamides is 1. The molecule has 19 heavy (non-hydrogen) atoms. The molecule has 0 aromatic rings. The molecule has 0 aromatic carbocycles. The Balaban J connectivity index is 2.58. The third-order valence-electron chi connectivity index (χ3n) is 3.73. The number of rotatable bonds is 7.